The predicted molar refractivity (Wildman–Crippen MR) is 77.4 cm³/mol. The molecule has 3 nitrogen and oxygen atoms in total. The molecule has 1 fully saturated rings. The van der Waals surface area contributed by atoms with Gasteiger partial charge in [-0.1, -0.05) is 13.8 Å². The zero-order chi connectivity index (χ0) is 13.3. The lowest BCUT2D eigenvalue weighted by molar-refractivity contribution is 0.245. The number of nitriles is 1. The highest BCUT2D eigenvalue weighted by Crippen LogP contribution is 2.34. The zero-order valence-corrected chi connectivity index (χ0v) is 12.4. The fraction of sp³-hybridized carbons (Fsp3) is 0.500. The van der Waals surface area contributed by atoms with Gasteiger partial charge in [0.25, 0.3) is 0 Å². The minimum absolute atomic E-state index is 0.117. The monoisotopic (exact) mass is 307 g/mol. The highest BCUT2D eigenvalue weighted by molar-refractivity contribution is 9.10. The van der Waals surface area contributed by atoms with Crippen LogP contribution in [-0.4, -0.2) is 19.1 Å². The molecule has 0 spiro atoms. The van der Waals surface area contributed by atoms with Gasteiger partial charge in [0.15, 0.2) is 0 Å². The van der Waals surface area contributed by atoms with E-state index >= 15 is 0 Å². The first-order chi connectivity index (χ1) is 8.44. The molecule has 0 amide bonds. The van der Waals surface area contributed by atoms with Gasteiger partial charge in [0.05, 0.1) is 17.3 Å². The van der Waals surface area contributed by atoms with Gasteiger partial charge >= 0.3 is 0 Å². The highest BCUT2D eigenvalue weighted by Gasteiger charge is 2.33. The summed E-state index contributed by atoms with van der Waals surface area (Å²) in [6.45, 7) is 6.33. The summed E-state index contributed by atoms with van der Waals surface area (Å²) in [5, 5.41) is 8.88. The van der Waals surface area contributed by atoms with Crippen LogP contribution in [0.15, 0.2) is 22.7 Å². The highest BCUT2D eigenvalue weighted by atomic mass is 79.9. The molecule has 1 aliphatic rings. The number of nitrogens with two attached hydrogens (primary N) is 1. The lowest BCUT2D eigenvalue weighted by atomic mass is 9.79. The van der Waals surface area contributed by atoms with Crippen LogP contribution in [0.5, 0.6) is 0 Å². The Morgan fingerprint density at radius 1 is 1.50 bits per heavy atom. The number of hydrogen-bond donors (Lipinski definition) is 1. The van der Waals surface area contributed by atoms with Crippen molar-refractivity contribution in [2.45, 2.75) is 26.3 Å². The van der Waals surface area contributed by atoms with Crippen molar-refractivity contribution in [2.75, 3.05) is 18.0 Å². The van der Waals surface area contributed by atoms with Crippen LogP contribution in [0.3, 0.4) is 0 Å². The quantitative estimate of drug-likeness (QED) is 0.868. The minimum atomic E-state index is 0.117. The average molecular weight is 308 g/mol. The first kappa shape index (κ1) is 13.4. The van der Waals surface area contributed by atoms with Crippen LogP contribution in [0.2, 0.25) is 0 Å². The molecule has 1 unspecified atom stereocenters. The number of anilines is 1. The molecule has 1 heterocycles. The van der Waals surface area contributed by atoms with E-state index in [1.54, 1.807) is 0 Å². The van der Waals surface area contributed by atoms with Crippen molar-refractivity contribution in [2.24, 2.45) is 11.1 Å². The number of hydrogen-bond acceptors (Lipinski definition) is 3. The third-order valence-corrected chi connectivity index (χ3v) is 4.36. The molecule has 0 aromatic heterocycles. The van der Waals surface area contributed by atoms with Crippen LogP contribution in [-0.2, 0) is 0 Å². The Bertz CT molecular complexity index is 490. The number of benzene rings is 1. The summed E-state index contributed by atoms with van der Waals surface area (Å²) in [6.07, 6.45) is 0.999. The molecule has 1 atom stereocenters. The molecular weight excluding hydrogens is 290 g/mol. The van der Waals surface area contributed by atoms with E-state index < -0.39 is 0 Å². The molecule has 18 heavy (non-hydrogen) atoms. The first-order valence-corrected chi connectivity index (χ1v) is 6.93. The van der Waals surface area contributed by atoms with E-state index in [4.69, 9.17) is 11.0 Å². The molecule has 0 bridgehead atoms. The van der Waals surface area contributed by atoms with Crippen LogP contribution in [0.25, 0.3) is 0 Å². The molecule has 1 aliphatic heterocycles. The number of nitrogens with zero attached hydrogens (tertiary/aromatic N) is 2. The van der Waals surface area contributed by atoms with Crippen molar-refractivity contribution in [3.05, 3.63) is 28.2 Å². The zero-order valence-electron chi connectivity index (χ0n) is 10.8. The van der Waals surface area contributed by atoms with Crippen LogP contribution < -0.4 is 10.6 Å². The van der Waals surface area contributed by atoms with E-state index in [9.17, 15) is 0 Å². The van der Waals surface area contributed by atoms with Crippen LogP contribution in [0.1, 0.15) is 25.8 Å². The summed E-state index contributed by atoms with van der Waals surface area (Å²) < 4.78 is 0.979. The maximum absolute atomic E-state index is 8.88. The van der Waals surface area contributed by atoms with E-state index in [0.29, 0.717) is 5.56 Å². The first-order valence-electron chi connectivity index (χ1n) is 6.14. The summed E-state index contributed by atoms with van der Waals surface area (Å²) in [6, 6.07) is 8.15. The summed E-state index contributed by atoms with van der Waals surface area (Å²) in [5.74, 6) is 0. The van der Waals surface area contributed by atoms with Gasteiger partial charge in [-0.15, -0.1) is 0 Å². The Morgan fingerprint density at radius 2 is 2.22 bits per heavy atom. The van der Waals surface area contributed by atoms with E-state index in [-0.39, 0.29) is 11.5 Å². The van der Waals surface area contributed by atoms with Gasteiger partial charge in [-0.3, -0.25) is 0 Å². The topological polar surface area (TPSA) is 53.0 Å². The minimum Gasteiger partial charge on any atom is -0.370 e. The summed E-state index contributed by atoms with van der Waals surface area (Å²) in [5.41, 5.74) is 8.10. The molecule has 96 valence electrons. The largest absolute Gasteiger partial charge is 0.370 e. The van der Waals surface area contributed by atoms with E-state index in [1.165, 1.54) is 0 Å². The number of halogens is 1. The molecule has 1 aromatic rings. The molecule has 2 rings (SSSR count). The van der Waals surface area contributed by atoms with Crippen molar-refractivity contribution >= 4 is 21.6 Å². The second-order valence-electron chi connectivity index (χ2n) is 5.58. The normalized spacial score (nSPS) is 22.6. The van der Waals surface area contributed by atoms with Crippen molar-refractivity contribution < 1.29 is 0 Å². The van der Waals surface area contributed by atoms with Gasteiger partial charge in [0.1, 0.15) is 0 Å². The molecule has 1 saturated heterocycles. The van der Waals surface area contributed by atoms with E-state index in [0.717, 1.165) is 29.7 Å². The van der Waals surface area contributed by atoms with E-state index in [1.807, 2.05) is 18.2 Å². The van der Waals surface area contributed by atoms with Gasteiger partial charge in [-0.2, -0.15) is 5.26 Å². The maximum atomic E-state index is 8.88. The van der Waals surface area contributed by atoms with Gasteiger partial charge in [0, 0.05) is 23.6 Å². The lowest BCUT2D eigenvalue weighted by Gasteiger charge is -2.44. The SMILES string of the molecule is CC1(C)CN(c2ccc(C#N)cc2Br)CCC1N. The molecule has 0 aliphatic carbocycles. The van der Waals surface area contributed by atoms with Gasteiger partial charge in [-0.25, -0.2) is 0 Å². The van der Waals surface area contributed by atoms with Gasteiger partial charge in [0.2, 0.25) is 0 Å². The predicted octanol–water partition coefficient (Wildman–Crippen LogP) is 2.88. The molecule has 1 aromatic carbocycles. The fourth-order valence-electron chi connectivity index (χ4n) is 2.41. The van der Waals surface area contributed by atoms with Gasteiger partial charge in [-0.05, 0) is 46.0 Å². The molecule has 0 saturated carbocycles. The van der Waals surface area contributed by atoms with Crippen molar-refractivity contribution in [3.63, 3.8) is 0 Å². The second kappa shape index (κ2) is 4.91. The Balaban J connectivity index is 2.26. The Hall–Kier alpha value is -1.05. The smallest absolute Gasteiger partial charge is 0.0992 e. The third-order valence-electron chi connectivity index (χ3n) is 3.73. The summed E-state index contributed by atoms with van der Waals surface area (Å²) in [7, 11) is 0. The Kier molecular flexibility index (Phi) is 3.65. The summed E-state index contributed by atoms with van der Waals surface area (Å²) >= 11 is 3.55. The van der Waals surface area contributed by atoms with Gasteiger partial charge < -0.3 is 10.6 Å². The molecular formula is C14H18BrN3. The summed E-state index contributed by atoms with van der Waals surface area (Å²) in [4.78, 5) is 2.34. The van der Waals surface area contributed by atoms with Crippen molar-refractivity contribution in [1.82, 2.24) is 0 Å². The fourth-order valence-corrected chi connectivity index (χ4v) is 3.04. The van der Waals surface area contributed by atoms with Crippen LogP contribution in [0.4, 0.5) is 5.69 Å². The maximum Gasteiger partial charge on any atom is 0.0992 e. The number of rotatable bonds is 1. The third kappa shape index (κ3) is 2.52. The van der Waals surface area contributed by atoms with Crippen LogP contribution >= 0.6 is 15.9 Å². The standard InChI is InChI=1S/C14H18BrN3/c1-14(2)9-18(6-5-13(14)17)12-4-3-10(8-16)7-11(12)15/h3-4,7,13H,5-6,9,17H2,1-2H3. The van der Waals surface area contributed by atoms with Crippen molar-refractivity contribution in [3.8, 4) is 6.07 Å². The van der Waals surface area contributed by atoms with E-state index in [2.05, 4.69) is 40.7 Å². The lowest BCUT2D eigenvalue weighted by Crippen LogP contribution is -2.52. The molecule has 4 heteroatoms. The number of piperidine rings is 1. The van der Waals surface area contributed by atoms with Crippen molar-refractivity contribution in [1.29, 1.82) is 5.26 Å². The Morgan fingerprint density at radius 3 is 2.78 bits per heavy atom. The average Bonchev–Trinajstić information content (AvgIpc) is 2.32. The van der Waals surface area contributed by atoms with Crippen LogP contribution in [0, 0.1) is 16.7 Å². The second-order valence-corrected chi connectivity index (χ2v) is 6.44. The Labute approximate surface area is 117 Å². The molecule has 2 N–H and O–H groups in total. The molecule has 0 radical (unpaired) electrons.